The standard InChI is InChI=1S/C71H98ClN9O14S2/c1-10-26-57(81(8)69(91)54(75-67(89)59(80(7)62(84)44-72)42-52-33-22-15-23-34-52)35-24-25-36-73-65(87)56(46-97-96-9)77-71(94)95-37-11-2)66(88)76-55(40-50-29-18-13-19-30-50)64(86)74-45-63(85)79(6)58(41-51-31-20-14-21-32-51)61(83)38-47(3)68(90)78(5)48(4)60(82)43-53(70(92)93)39-49-27-16-12-17-28-49/h11-23,27-34,47-48,53-59,61,68,83,90H,2,10,24-26,35-46H2,1,3-9H3,(H,73,87)(H,74,86)(H,75,89)(H,76,88)(H,77,94)(H,92,93)/t47-,48+,53?,54+,55+,56+,57?,58+,59+,61?,68?/m1/s1. The molecule has 97 heavy (non-hydrogen) atoms. The molecule has 4 aromatic rings. The summed E-state index contributed by atoms with van der Waals surface area (Å²) in [5, 5.41) is 47.5. The van der Waals surface area contributed by atoms with Gasteiger partial charge in [0.1, 0.15) is 48.9 Å². The largest absolute Gasteiger partial charge is 0.481 e. The van der Waals surface area contributed by atoms with Crippen LogP contribution in [-0.2, 0) is 73.6 Å². The highest BCUT2D eigenvalue weighted by Gasteiger charge is 2.38. The lowest BCUT2D eigenvalue weighted by atomic mass is 9.90. The number of carboxylic acids is 1. The van der Waals surface area contributed by atoms with Gasteiger partial charge >= 0.3 is 12.1 Å². The van der Waals surface area contributed by atoms with Crippen molar-refractivity contribution in [2.24, 2.45) is 11.8 Å². The average molecular weight is 1400 g/mol. The highest BCUT2D eigenvalue weighted by atomic mass is 35.5. The van der Waals surface area contributed by atoms with Crippen LogP contribution in [0.4, 0.5) is 4.79 Å². The van der Waals surface area contributed by atoms with Gasteiger partial charge in [-0.25, -0.2) is 4.79 Å². The Balaban J connectivity index is 1.56. The van der Waals surface area contributed by atoms with Crippen molar-refractivity contribution in [3.63, 3.8) is 0 Å². The maximum absolute atomic E-state index is 15.0. The van der Waals surface area contributed by atoms with E-state index in [-0.39, 0.29) is 82.5 Å². The summed E-state index contributed by atoms with van der Waals surface area (Å²) in [5.41, 5.74) is 2.92. The van der Waals surface area contributed by atoms with Gasteiger partial charge in [0.05, 0.1) is 30.7 Å². The summed E-state index contributed by atoms with van der Waals surface area (Å²) >= 11 is 6.00. The van der Waals surface area contributed by atoms with Gasteiger partial charge in [-0.3, -0.25) is 48.1 Å². The molecular formula is C71H98ClN9O14S2. The summed E-state index contributed by atoms with van der Waals surface area (Å²) in [6.07, 6.45) is 0.970. The molecule has 0 aliphatic heterocycles. The van der Waals surface area contributed by atoms with Gasteiger partial charge in [-0.1, -0.05) is 176 Å². The van der Waals surface area contributed by atoms with Gasteiger partial charge in [-0.05, 0) is 93.3 Å². The smallest absolute Gasteiger partial charge is 0.408 e. The van der Waals surface area contributed by atoms with Crippen LogP contribution in [0.1, 0.15) is 88.0 Å². The van der Waals surface area contributed by atoms with Crippen LogP contribution >= 0.6 is 33.2 Å². The van der Waals surface area contributed by atoms with Gasteiger partial charge in [-0.15, -0.1) is 11.6 Å². The number of alkyl halides is 1. The molecule has 0 spiro atoms. The van der Waals surface area contributed by atoms with Crippen LogP contribution in [0.15, 0.2) is 134 Å². The SMILES string of the molecule is C=CCOC(=O)N[C@@H](CSSC)C(=O)NCCCC[C@H](NC(=O)[C@H](Cc1ccccc1)N(C)C(=O)CCl)C(=O)N(C)C(CCC)C(=O)N[C@@H](Cc1ccccc1)C(=O)NCC(=O)N(C)[C@@H](Cc1ccccc1)C(O)C[C@@H](C)C(O)N(C)[C@@H](C)C(=O)CC(Cc1ccccc1)C(=O)O. The van der Waals surface area contributed by atoms with Gasteiger partial charge in [-0.2, -0.15) is 0 Å². The molecule has 0 bridgehead atoms. The predicted octanol–water partition coefficient (Wildman–Crippen LogP) is 5.83. The molecule has 0 heterocycles. The van der Waals surface area contributed by atoms with Gasteiger partial charge in [0.2, 0.25) is 41.4 Å². The molecule has 0 saturated heterocycles. The first-order valence-electron chi connectivity index (χ1n) is 32.5. The molecule has 4 rings (SSSR count). The quantitative estimate of drug-likeness (QED) is 0.00849. The van der Waals surface area contributed by atoms with Crippen LogP contribution in [0.3, 0.4) is 0 Å². The molecule has 4 aromatic carbocycles. The number of alkyl carbamates (subject to hydrolysis) is 1. The molecule has 530 valence electrons. The Labute approximate surface area is 583 Å². The number of benzene rings is 4. The van der Waals surface area contributed by atoms with E-state index in [9.17, 15) is 58.5 Å². The molecule has 0 radical (unpaired) electrons. The van der Waals surface area contributed by atoms with Crippen molar-refractivity contribution in [1.82, 2.24) is 46.2 Å². The predicted molar refractivity (Wildman–Crippen MR) is 378 cm³/mol. The number of aliphatic hydroxyl groups is 2. The molecule has 11 atom stereocenters. The number of hydrogen-bond acceptors (Lipinski definition) is 16. The third kappa shape index (κ3) is 27.6. The lowest BCUT2D eigenvalue weighted by Crippen LogP contribution is -2.59. The minimum Gasteiger partial charge on any atom is -0.481 e. The zero-order valence-electron chi connectivity index (χ0n) is 56.8. The monoisotopic (exact) mass is 1400 g/mol. The number of carbonyl (C=O) groups is 10. The molecule has 0 aromatic heterocycles. The number of nitrogens with zero attached hydrogens (tertiary/aromatic N) is 4. The third-order valence-corrected chi connectivity index (χ3v) is 19.1. The van der Waals surface area contributed by atoms with Gasteiger partial charge < -0.3 is 61.3 Å². The second kappa shape index (κ2) is 43.5. The number of aliphatic carboxylic acids is 1. The molecule has 8 amide bonds. The molecule has 4 unspecified atom stereocenters. The highest BCUT2D eigenvalue weighted by molar-refractivity contribution is 8.76. The normalized spacial score (nSPS) is 14.6. The van der Waals surface area contributed by atoms with E-state index in [1.165, 1.54) is 68.4 Å². The average Bonchev–Trinajstić information content (AvgIpc) is 0.897. The van der Waals surface area contributed by atoms with E-state index in [4.69, 9.17) is 16.3 Å². The first kappa shape index (κ1) is 81.6. The van der Waals surface area contributed by atoms with E-state index in [0.29, 0.717) is 18.4 Å². The van der Waals surface area contributed by atoms with Crippen LogP contribution in [0.5, 0.6) is 0 Å². The van der Waals surface area contributed by atoms with Crippen LogP contribution < -0.4 is 26.6 Å². The maximum Gasteiger partial charge on any atom is 0.408 e. The molecule has 23 nitrogen and oxygen atoms in total. The number of carboxylic acid groups (broad SMARTS) is 1. The Morgan fingerprint density at radius 3 is 1.68 bits per heavy atom. The van der Waals surface area contributed by atoms with E-state index < -0.39 is 132 Å². The summed E-state index contributed by atoms with van der Waals surface area (Å²) in [5.74, 6) is -7.78. The van der Waals surface area contributed by atoms with E-state index in [0.717, 1.165) is 16.7 Å². The topological polar surface area (TPSA) is 314 Å². The Kier molecular flexibility index (Phi) is 36.6. The summed E-state index contributed by atoms with van der Waals surface area (Å²) in [7, 11) is 8.66. The Bertz CT molecular complexity index is 3150. The fourth-order valence-electron chi connectivity index (χ4n) is 11.0. The number of likely N-dealkylation sites (N-methyl/N-ethyl adjacent to an activating group) is 4. The van der Waals surface area contributed by atoms with E-state index in [1.807, 2.05) is 49.6 Å². The van der Waals surface area contributed by atoms with E-state index >= 15 is 4.79 Å². The Morgan fingerprint density at radius 1 is 0.619 bits per heavy atom. The molecule has 8 N–H and O–H groups in total. The Morgan fingerprint density at radius 2 is 1.14 bits per heavy atom. The van der Waals surface area contributed by atoms with Crippen molar-refractivity contribution in [2.45, 2.75) is 146 Å². The first-order valence-corrected chi connectivity index (χ1v) is 35.8. The summed E-state index contributed by atoms with van der Waals surface area (Å²) in [4.78, 5) is 143. The van der Waals surface area contributed by atoms with Crippen molar-refractivity contribution in [3.05, 3.63) is 156 Å². The van der Waals surface area contributed by atoms with Crippen LogP contribution in [-0.4, -0.2) is 215 Å². The molecule has 26 heteroatoms. The lowest BCUT2D eigenvalue weighted by molar-refractivity contribution is -0.145. The summed E-state index contributed by atoms with van der Waals surface area (Å²) < 4.78 is 5.03. The van der Waals surface area contributed by atoms with Crippen molar-refractivity contribution < 1.29 is 68.0 Å². The van der Waals surface area contributed by atoms with Crippen molar-refractivity contribution in [3.8, 4) is 0 Å². The number of hydrogen-bond donors (Lipinski definition) is 8. The second-order valence-corrected chi connectivity index (χ2v) is 27.0. The maximum atomic E-state index is 15.0. The number of amides is 8. The molecule has 0 aliphatic carbocycles. The minimum atomic E-state index is -1.31. The highest BCUT2D eigenvalue weighted by Crippen LogP contribution is 2.25. The van der Waals surface area contributed by atoms with Crippen LogP contribution in [0.25, 0.3) is 0 Å². The van der Waals surface area contributed by atoms with Gasteiger partial charge in [0.15, 0.2) is 5.78 Å². The van der Waals surface area contributed by atoms with E-state index in [2.05, 4.69) is 33.2 Å². The fraction of sp³-hybridized carbons (Fsp3) is 0.493. The number of nitrogens with one attached hydrogen (secondary N) is 5. The molecule has 0 fully saturated rings. The van der Waals surface area contributed by atoms with Crippen LogP contribution in [0, 0.1) is 11.8 Å². The zero-order chi connectivity index (χ0) is 71.6. The van der Waals surface area contributed by atoms with Crippen molar-refractivity contribution in [1.29, 1.82) is 0 Å². The molecular weight excluding hydrogens is 1300 g/mol. The molecule has 0 aliphatic rings. The number of rotatable bonds is 44. The lowest BCUT2D eigenvalue weighted by Gasteiger charge is -2.37. The second-order valence-electron chi connectivity index (χ2n) is 24.1. The number of halogens is 1. The van der Waals surface area contributed by atoms with Crippen molar-refractivity contribution >= 4 is 92.4 Å². The number of ketones is 1. The fourth-order valence-corrected chi connectivity index (χ4v) is 12.6. The minimum absolute atomic E-state index is 0.00692. The van der Waals surface area contributed by atoms with Crippen molar-refractivity contribution in [2.75, 3.05) is 65.8 Å². The number of Topliss-reactive ketones (excluding diaryl/α,β-unsaturated/α-hetero) is 1. The summed E-state index contributed by atoms with van der Waals surface area (Å²) in [6.45, 7) is 8.11. The third-order valence-electron chi connectivity index (χ3n) is 17.0. The van der Waals surface area contributed by atoms with Crippen LogP contribution in [0.2, 0.25) is 0 Å². The number of aliphatic hydroxyl groups excluding tert-OH is 2. The number of ether oxygens (including phenoxy) is 1. The number of unbranched alkanes of at least 4 members (excludes halogenated alkanes) is 1. The van der Waals surface area contributed by atoms with Gasteiger partial charge in [0, 0.05) is 52.7 Å². The molecule has 0 saturated carbocycles. The Hall–Kier alpha value is -7.81. The first-order chi connectivity index (χ1) is 46.3. The summed E-state index contributed by atoms with van der Waals surface area (Å²) in [6, 6.07) is 28.2. The zero-order valence-corrected chi connectivity index (χ0v) is 59.2. The number of carbonyl (C=O) groups excluding carboxylic acids is 9. The van der Waals surface area contributed by atoms with E-state index in [1.54, 1.807) is 106 Å². The van der Waals surface area contributed by atoms with Gasteiger partial charge in [0.25, 0.3) is 0 Å².